The van der Waals surface area contributed by atoms with E-state index in [2.05, 4.69) is 15.4 Å². The summed E-state index contributed by atoms with van der Waals surface area (Å²) in [5.74, 6) is -0.748. The molecule has 0 unspecified atom stereocenters. The highest BCUT2D eigenvalue weighted by Gasteiger charge is 2.30. The van der Waals surface area contributed by atoms with Crippen LogP contribution >= 0.6 is 0 Å². The Morgan fingerprint density at radius 3 is 3.04 bits per heavy atom. The number of amides is 1. The van der Waals surface area contributed by atoms with Crippen LogP contribution in [0, 0.1) is 6.92 Å². The molecule has 0 aliphatic heterocycles. The van der Waals surface area contributed by atoms with Gasteiger partial charge < -0.3 is 9.15 Å². The maximum Gasteiger partial charge on any atom is 0.360 e. The van der Waals surface area contributed by atoms with Crippen molar-refractivity contribution in [2.75, 3.05) is 11.9 Å². The van der Waals surface area contributed by atoms with Gasteiger partial charge in [-0.25, -0.2) is 4.79 Å². The van der Waals surface area contributed by atoms with Crippen molar-refractivity contribution in [2.24, 2.45) is 7.05 Å². The summed E-state index contributed by atoms with van der Waals surface area (Å²) in [7, 11) is 1.84. The van der Waals surface area contributed by atoms with Crippen LogP contribution in [0.15, 0.2) is 10.6 Å². The average Bonchev–Trinajstić information content (AvgIpc) is 3.08. The number of nitrogens with one attached hydrogen (secondary N) is 1. The number of carbonyl (C=O) groups excluding carboxylic acids is 2. The summed E-state index contributed by atoms with van der Waals surface area (Å²) in [6, 6.07) is 0.0107. The fraction of sp³-hybridized carbons (Fsp3) is 0.500. The van der Waals surface area contributed by atoms with Crippen molar-refractivity contribution in [2.45, 2.75) is 39.0 Å². The molecule has 1 amide bonds. The van der Waals surface area contributed by atoms with Crippen molar-refractivity contribution in [1.29, 1.82) is 0 Å². The second-order valence-electron chi connectivity index (χ2n) is 5.78. The number of nitrogens with zero attached hydrogens (tertiary/aromatic N) is 3. The third-order valence-corrected chi connectivity index (χ3v) is 4.03. The predicted octanol–water partition coefficient (Wildman–Crippen LogP) is 1.95. The number of fused-ring (bicyclic) bond motifs is 1. The molecule has 3 rings (SSSR count). The molecule has 0 spiro atoms. The first-order chi connectivity index (χ1) is 11.5. The zero-order valence-corrected chi connectivity index (χ0v) is 14.0. The molecule has 1 N–H and O–H groups in total. The summed E-state index contributed by atoms with van der Waals surface area (Å²) in [4.78, 5) is 28.4. The Bertz CT molecular complexity index is 777. The fourth-order valence-electron chi connectivity index (χ4n) is 2.97. The van der Waals surface area contributed by atoms with E-state index in [0.29, 0.717) is 5.76 Å². The molecule has 2 heterocycles. The van der Waals surface area contributed by atoms with Crippen LogP contribution in [0.3, 0.4) is 0 Å². The second kappa shape index (κ2) is 6.46. The molecule has 24 heavy (non-hydrogen) atoms. The van der Waals surface area contributed by atoms with Crippen LogP contribution < -0.4 is 5.32 Å². The second-order valence-corrected chi connectivity index (χ2v) is 5.78. The van der Waals surface area contributed by atoms with Crippen molar-refractivity contribution in [3.8, 4) is 0 Å². The molecular weight excluding hydrogens is 312 g/mol. The van der Waals surface area contributed by atoms with Crippen LogP contribution in [0.25, 0.3) is 0 Å². The lowest BCUT2D eigenvalue weighted by molar-refractivity contribution is -0.118. The van der Waals surface area contributed by atoms with E-state index in [1.165, 1.54) is 0 Å². The molecule has 0 saturated carbocycles. The fourth-order valence-corrected chi connectivity index (χ4v) is 2.97. The van der Waals surface area contributed by atoms with E-state index in [4.69, 9.17) is 9.15 Å². The van der Waals surface area contributed by atoms with E-state index < -0.39 is 5.97 Å². The van der Waals surface area contributed by atoms with E-state index in [1.54, 1.807) is 18.5 Å². The lowest BCUT2D eigenvalue weighted by Crippen LogP contribution is -2.24. The molecule has 2 aromatic heterocycles. The standard InChI is InChI=1S/C16H20N4O4/c1-4-23-15(22)13-9(2)24-16(17-13)18-14(21)10-6-5-7-12-11(10)8-20(3)19-12/h8,10H,4-7H2,1-3H3,(H,17,18,21)/t10-/m0/s1. The van der Waals surface area contributed by atoms with Crippen LogP contribution in [-0.4, -0.2) is 33.2 Å². The molecule has 0 bridgehead atoms. The van der Waals surface area contributed by atoms with Gasteiger partial charge in [-0.2, -0.15) is 10.1 Å². The number of esters is 1. The average molecular weight is 332 g/mol. The van der Waals surface area contributed by atoms with Gasteiger partial charge in [0.1, 0.15) is 5.76 Å². The Balaban J connectivity index is 1.76. The number of hydrogen-bond donors (Lipinski definition) is 1. The van der Waals surface area contributed by atoms with E-state index in [-0.39, 0.29) is 30.1 Å². The first kappa shape index (κ1) is 16.2. The molecule has 128 valence electrons. The molecule has 0 fully saturated rings. The van der Waals surface area contributed by atoms with Crippen LogP contribution in [0.1, 0.15) is 53.2 Å². The van der Waals surface area contributed by atoms with Crippen LogP contribution in [0.2, 0.25) is 0 Å². The van der Waals surface area contributed by atoms with Gasteiger partial charge in [-0.05, 0) is 33.1 Å². The largest absolute Gasteiger partial charge is 0.461 e. The number of oxazole rings is 1. The summed E-state index contributed by atoms with van der Waals surface area (Å²) >= 11 is 0. The van der Waals surface area contributed by atoms with E-state index >= 15 is 0 Å². The minimum Gasteiger partial charge on any atom is -0.461 e. The molecule has 0 radical (unpaired) electrons. The Hall–Kier alpha value is -2.64. The number of carbonyl (C=O) groups is 2. The smallest absolute Gasteiger partial charge is 0.360 e. The zero-order valence-electron chi connectivity index (χ0n) is 14.0. The molecule has 0 aromatic carbocycles. The van der Waals surface area contributed by atoms with Gasteiger partial charge in [-0.3, -0.25) is 14.8 Å². The van der Waals surface area contributed by atoms with E-state index in [9.17, 15) is 9.59 Å². The number of hydrogen-bond acceptors (Lipinski definition) is 6. The zero-order chi connectivity index (χ0) is 17.3. The van der Waals surface area contributed by atoms with E-state index in [0.717, 1.165) is 30.5 Å². The maximum absolute atomic E-state index is 12.6. The first-order valence-corrected chi connectivity index (χ1v) is 7.97. The van der Waals surface area contributed by atoms with Gasteiger partial charge in [0.2, 0.25) is 5.91 Å². The molecule has 2 aromatic rings. The van der Waals surface area contributed by atoms with Crippen LogP contribution in [-0.2, 0) is 23.0 Å². The SMILES string of the molecule is CCOC(=O)c1nc(NC(=O)[C@H]2CCCc3nn(C)cc32)oc1C. The van der Waals surface area contributed by atoms with Crippen molar-refractivity contribution < 1.29 is 18.7 Å². The number of aromatic nitrogens is 3. The molecule has 8 nitrogen and oxygen atoms in total. The lowest BCUT2D eigenvalue weighted by Gasteiger charge is -2.19. The maximum atomic E-state index is 12.6. The third-order valence-electron chi connectivity index (χ3n) is 4.03. The van der Waals surface area contributed by atoms with Crippen molar-refractivity contribution >= 4 is 17.9 Å². The predicted molar refractivity (Wildman–Crippen MR) is 84.7 cm³/mol. The van der Waals surface area contributed by atoms with Gasteiger partial charge in [0.15, 0.2) is 5.69 Å². The number of rotatable bonds is 4. The summed E-state index contributed by atoms with van der Waals surface area (Å²) < 4.78 is 12.0. The third kappa shape index (κ3) is 3.04. The molecule has 0 saturated heterocycles. The van der Waals surface area contributed by atoms with Gasteiger partial charge in [0.05, 0.1) is 18.2 Å². The molecule has 8 heteroatoms. The highest BCUT2D eigenvalue weighted by molar-refractivity contribution is 5.95. The topological polar surface area (TPSA) is 99.2 Å². The highest BCUT2D eigenvalue weighted by atomic mass is 16.5. The number of aryl methyl sites for hydroxylation is 3. The van der Waals surface area contributed by atoms with Gasteiger partial charge in [-0.1, -0.05) is 0 Å². The van der Waals surface area contributed by atoms with Gasteiger partial charge >= 0.3 is 12.0 Å². The normalized spacial score (nSPS) is 16.5. The minimum absolute atomic E-state index is 0.0107. The van der Waals surface area contributed by atoms with Crippen molar-refractivity contribution in [1.82, 2.24) is 14.8 Å². The molecule has 1 aliphatic carbocycles. The Morgan fingerprint density at radius 2 is 2.29 bits per heavy atom. The van der Waals surface area contributed by atoms with E-state index in [1.807, 2.05) is 13.2 Å². The molecule has 1 atom stereocenters. The summed E-state index contributed by atoms with van der Waals surface area (Å²) in [5, 5.41) is 7.05. The number of anilines is 1. The van der Waals surface area contributed by atoms with Crippen molar-refractivity contribution in [3.63, 3.8) is 0 Å². The highest BCUT2D eigenvalue weighted by Crippen LogP contribution is 2.31. The molecule has 1 aliphatic rings. The Morgan fingerprint density at radius 1 is 1.50 bits per heavy atom. The van der Waals surface area contributed by atoms with Crippen LogP contribution in [0.4, 0.5) is 6.01 Å². The Kier molecular flexibility index (Phi) is 4.37. The summed E-state index contributed by atoms with van der Waals surface area (Å²) in [6.07, 6.45) is 4.41. The van der Waals surface area contributed by atoms with Crippen molar-refractivity contribution in [3.05, 3.63) is 28.9 Å². The quantitative estimate of drug-likeness (QED) is 0.859. The van der Waals surface area contributed by atoms with Crippen LogP contribution in [0.5, 0.6) is 0 Å². The first-order valence-electron chi connectivity index (χ1n) is 7.97. The molecular formula is C16H20N4O4. The summed E-state index contributed by atoms with van der Waals surface area (Å²) in [5.41, 5.74) is 1.98. The van der Waals surface area contributed by atoms with Gasteiger partial charge in [0, 0.05) is 18.8 Å². The number of ether oxygens (including phenoxy) is 1. The monoisotopic (exact) mass is 332 g/mol. The summed E-state index contributed by atoms with van der Waals surface area (Å²) in [6.45, 7) is 3.57. The van der Waals surface area contributed by atoms with Gasteiger partial charge in [0.25, 0.3) is 0 Å². The van der Waals surface area contributed by atoms with Gasteiger partial charge in [-0.15, -0.1) is 0 Å². The minimum atomic E-state index is -0.563. The lowest BCUT2D eigenvalue weighted by atomic mass is 9.86. The Labute approximate surface area is 139 Å².